The average Bonchev–Trinajstić information content (AvgIpc) is 2.45. The standard InChI is InChI=1S/C11H20N2O2/c1-6(9(4)14)12-7(2)11-8(3)13-15-10(11)5/h6-7,9,12,14H,1-5H3. The zero-order chi connectivity index (χ0) is 11.6. The first-order valence-electron chi connectivity index (χ1n) is 5.30. The first-order valence-corrected chi connectivity index (χ1v) is 5.30. The van der Waals surface area contributed by atoms with Crippen molar-refractivity contribution in [3.8, 4) is 0 Å². The first-order chi connectivity index (χ1) is 6.93. The average molecular weight is 212 g/mol. The van der Waals surface area contributed by atoms with Gasteiger partial charge in [-0.3, -0.25) is 0 Å². The molecule has 0 aliphatic carbocycles. The van der Waals surface area contributed by atoms with Crippen LogP contribution >= 0.6 is 0 Å². The maximum Gasteiger partial charge on any atom is 0.138 e. The van der Waals surface area contributed by atoms with Gasteiger partial charge < -0.3 is 14.9 Å². The molecule has 0 amide bonds. The summed E-state index contributed by atoms with van der Waals surface area (Å²) in [6.07, 6.45) is -0.368. The van der Waals surface area contributed by atoms with Crippen LogP contribution in [0.15, 0.2) is 4.52 Å². The van der Waals surface area contributed by atoms with Gasteiger partial charge in [0.2, 0.25) is 0 Å². The number of aryl methyl sites for hydroxylation is 2. The maximum atomic E-state index is 9.40. The molecule has 4 heteroatoms. The van der Waals surface area contributed by atoms with Gasteiger partial charge in [-0.25, -0.2) is 0 Å². The minimum absolute atomic E-state index is 0.0497. The summed E-state index contributed by atoms with van der Waals surface area (Å²) in [5.74, 6) is 0.838. The minimum Gasteiger partial charge on any atom is -0.392 e. The quantitative estimate of drug-likeness (QED) is 0.797. The van der Waals surface area contributed by atoms with E-state index in [2.05, 4.69) is 10.5 Å². The molecule has 86 valence electrons. The number of aromatic nitrogens is 1. The fourth-order valence-electron chi connectivity index (χ4n) is 1.73. The van der Waals surface area contributed by atoms with Crippen molar-refractivity contribution in [1.82, 2.24) is 10.5 Å². The van der Waals surface area contributed by atoms with Crippen LogP contribution in [0.2, 0.25) is 0 Å². The van der Waals surface area contributed by atoms with Gasteiger partial charge in [0.15, 0.2) is 0 Å². The highest BCUT2D eigenvalue weighted by atomic mass is 16.5. The van der Waals surface area contributed by atoms with Crippen LogP contribution in [-0.4, -0.2) is 22.4 Å². The molecule has 0 radical (unpaired) electrons. The van der Waals surface area contributed by atoms with Crippen LogP contribution in [0.3, 0.4) is 0 Å². The number of aliphatic hydroxyl groups excluding tert-OH is 1. The predicted molar refractivity (Wildman–Crippen MR) is 58.7 cm³/mol. The van der Waals surface area contributed by atoms with E-state index in [-0.39, 0.29) is 18.2 Å². The fourth-order valence-corrected chi connectivity index (χ4v) is 1.73. The van der Waals surface area contributed by atoms with E-state index in [0.29, 0.717) is 0 Å². The van der Waals surface area contributed by atoms with Crippen molar-refractivity contribution < 1.29 is 9.63 Å². The van der Waals surface area contributed by atoms with Crippen molar-refractivity contribution >= 4 is 0 Å². The Morgan fingerprint density at radius 2 is 1.87 bits per heavy atom. The lowest BCUT2D eigenvalue weighted by atomic mass is 10.1. The lowest BCUT2D eigenvalue weighted by molar-refractivity contribution is 0.147. The molecule has 2 N–H and O–H groups in total. The zero-order valence-electron chi connectivity index (χ0n) is 10.0. The third-order valence-corrected chi connectivity index (χ3v) is 2.76. The van der Waals surface area contributed by atoms with E-state index in [1.54, 1.807) is 6.92 Å². The van der Waals surface area contributed by atoms with Crippen molar-refractivity contribution in [1.29, 1.82) is 0 Å². The Hall–Kier alpha value is -0.870. The van der Waals surface area contributed by atoms with Crippen molar-refractivity contribution in [2.45, 2.75) is 52.8 Å². The molecule has 1 aromatic heterocycles. The lowest BCUT2D eigenvalue weighted by Crippen LogP contribution is -2.37. The Morgan fingerprint density at radius 3 is 2.27 bits per heavy atom. The van der Waals surface area contributed by atoms with Crippen LogP contribution in [0, 0.1) is 13.8 Å². The van der Waals surface area contributed by atoms with Crippen molar-refractivity contribution in [3.05, 3.63) is 17.0 Å². The molecule has 0 spiro atoms. The second-order valence-electron chi connectivity index (χ2n) is 4.16. The Bertz CT molecular complexity index is 301. The van der Waals surface area contributed by atoms with Crippen molar-refractivity contribution in [2.24, 2.45) is 0 Å². The summed E-state index contributed by atoms with van der Waals surface area (Å²) in [6.45, 7) is 9.61. The van der Waals surface area contributed by atoms with Gasteiger partial charge in [0, 0.05) is 17.6 Å². The maximum absolute atomic E-state index is 9.40. The number of nitrogens with one attached hydrogen (secondary N) is 1. The number of hydrogen-bond donors (Lipinski definition) is 2. The molecule has 0 aliphatic rings. The molecule has 0 saturated carbocycles. The van der Waals surface area contributed by atoms with Crippen LogP contribution in [0.4, 0.5) is 0 Å². The van der Waals surface area contributed by atoms with Gasteiger partial charge in [-0.1, -0.05) is 5.16 Å². The summed E-state index contributed by atoms with van der Waals surface area (Å²) in [7, 11) is 0. The van der Waals surface area contributed by atoms with Gasteiger partial charge in [-0.05, 0) is 34.6 Å². The summed E-state index contributed by atoms with van der Waals surface area (Å²) in [4.78, 5) is 0. The van der Waals surface area contributed by atoms with E-state index in [9.17, 15) is 5.11 Å². The largest absolute Gasteiger partial charge is 0.392 e. The molecular weight excluding hydrogens is 192 g/mol. The van der Waals surface area contributed by atoms with Crippen LogP contribution in [-0.2, 0) is 0 Å². The molecule has 3 unspecified atom stereocenters. The number of aliphatic hydroxyl groups is 1. The molecule has 4 nitrogen and oxygen atoms in total. The molecule has 0 aliphatic heterocycles. The molecule has 1 heterocycles. The summed E-state index contributed by atoms with van der Waals surface area (Å²) in [5, 5.41) is 16.6. The van der Waals surface area contributed by atoms with Gasteiger partial charge in [-0.2, -0.15) is 0 Å². The van der Waals surface area contributed by atoms with E-state index in [1.807, 2.05) is 27.7 Å². The molecule has 0 bridgehead atoms. The third kappa shape index (κ3) is 2.79. The summed E-state index contributed by atoms with van der Waals surface area (Å²) >= 11 is 0. The van der Waals surface area contributed by atoms with Crippen LogP contribution in [0.1, 0.15) is 43.8 Å². The summed E-state index contributed by atoms with van der Waals surface area (Å²) < 4.78 is 5.11. The molecule has 1 rings (SSSR count). The Kier molecular flexibility index (Phi) is 3.88. The van der Waals surface area contributed by atoms with Gasteiger partial charge in [0.1, 0.15) is 5.76 Å². The smallest absolute Gasteiger partial charge is 0.138 e. The third-order valence-electron chi connectivity index (χ3n) is 2.76. The van der Waals surface area contributed by atoms with Crippen LogP contribution in [0.25, 0.3) is 0 Å². The SMILES string of the molecule is Cc1noc(C)c1C(C)NC(C)C(C)O. The number of hydrogen-bond acceptors (Lipinski definition) is 4. The van der Waals surface area contributed by atoms with E-state index in [1.165, 1.54) is 0 Å². The molecule has 3 atom stereocenters. The monoisotopic (exact) mass is 212 g/mol. The summed E-state index contributed by atoms with van der Waals surface area (Å²) in [5.41, 5.74) is 1.99. The fraction of sp³-hybridized carbons (Fsp3) is 0.727. The van der Waals surface area contributed by atoms with Crippen LogP contribution < -0.4 is 5.32 Å². The van der Waals surface area contributed by atoms with Crippen LogP contribution in [0.5, 0.6) is 0 Å². The van der Waals surface area contributed by atoms with E-state index in [4.69, 9.17) is 4.52 Å². The van der Waals surface area contributed by atoms with Gasteiger partial charge in [0.25, 0.3) is 0 Å². The second-order valence-corrected chi connectivity index (χ2v) is 4.16. The van der Waals surface area contributed by atoms with E-state index >= 15 is 0 Å². The van der Waals surface area contributed by atoms with Gasteiger partial charge >= 0.3 is 0 Å². The molecular formula is C11H20N2O2. The number of rotatable bonds is 4. The van der Waals surface area contributed by atoms with E-state index < -0.39 is 0 Å². The topological polar surface area (TPSA) is 58.3 Å². The zero-order valence-corrected chi connectivity index (χ0v) is 10.0. The highest BCUT2D eigenvalue weighted by Crippen LogP contribution is 2.21. The highest BCUT2D eigenvalue weighted by molar-refractivity contribution is 5.24. The molecule has 0 fully saturated rings. The molecule has 15 heavy (non-hydrogen) atoms. The predicted octanol–water partition coefficient (Wildman–Crippen LogP) is 1.71. The molecule has 0 saturated heterocycles. The Morgan fingerprint density at radius 1 is 1.27 bits per heavy atom. The lowest BCUT2D eigenvalue weighted by Gasteiger charge is -2.22. The summed E-state index contributed by atoms with van der Waals surface area (Å²) in [6, 6.07) is 0.189. The minimum atomic E-state index is -0.368. The normalized spacial score (nSPS) is 17.5. The highest BCUT2D eigenvalue weighted by Gasteiger charge is 2.19. The van der Waals surface area contributed by atoms with E-state index in [0.717, 1.165) is 17.0 Å². The Balaban J connectivity index is 2.73. The van der Waals surface area contributed by atoms with Crippen molar-refractivity contribution in [3.63, 3.8) is 0 Å². The molecule has 0 aromatic carbocycles. The second kappa shape index (κ2) is 4.77. The van der Waals surface area contributed by atoms with Crippen molar-refractivity contribution in [2.75, 3.05) is 0 Å². The first kappa shape index (κ1) is 12.2. The van der Waals surface area contributed by atoms with Gasteiger partial charge in [-0.15, -0.1) is 0 Å². The van der Waals surface area contributed by atoms with Gasteiger partial charge in [0.05, 0.1) is 11.8 Å². The molecule has 1 aromatic rings. The Labute approximate surface area is 90.7 Å². The number of nitrogens with zero attached hydrogens (tertiary/aromatic N) is 1.